The molecule has 3 amide bonds. The fraction of sp³-hybridized carbons (Fsp3) is 0.500. The number of amides is 3. The quantitative estimate of drug-likeness (QED) is 0.145. The summed E-state index contributed by atoms with van der Waals surface area (Å²) in [4.78, 5) is 57.9. The number of carboxylic acids is 1. The molecule has 0 aliphatic rings. The number of hydrogen-bond donors (Lipinski definition) is 7. The monoisotopic (exact) mass is 529 g/mol. The van der Waals surface area contributed by atoms with E-state index in [-0.39, 0.29) is 18.8 Å². The van der Waals surface area contributed by atoms with E-state index in [9.17, 15) is 24.3 Å². The van der Waals surface area contributed by atoms with E-state index >= 15 is 0 Å². The molecule has 0 saturated heterocycles. The average Bonchev–Trinajstić information content (AvgIpc) is 3.39. The van der Waals surface area contributed by atoms with Crippen LogP contribution in [-0.4, -0.2) is 69.5 Å². The molecule has 2 rings (SSSR count). The predicted octanol–water partition coefficient (Wildman–Crippen LogP) is -0.154. The lowest BCUT2D eigenvalue weighted by Crippen LogP contribution is -2.58. The van der Waals surface area contributed by atoms with Crippen LogP contribution in [0.15, 0.2) is 42.9 Å². The molecule has 0 fully saturated rings. The second kappa shape index (κ2) is 15.5. The van der Waals surface area contributed by atoms with Crippen molar-refractivity contribution in [2.45, 2.75) is 70.1 Å². The van der Waals surface area contributed by atoms with E-state index in [0.717, 1.165) is 12.0 Å². The first-order valence-electron chi connectivity index (χ1n) is 12.7. The third kappa shape index (κ3) is 9.94. The van der Waals surface area contributed by atoms with Gasteiger partial charge in [-0.2, -0.15) is 0 Å². The highest BCUT2D eigenvalue weighted by molar-refractivity contribution is 5.94. The van der Waals surface area contributed by atoms with Crippen LogP contribution in [0.25, 0.3) is 0 Å². The van der Waals surface area contributed by atoms with Crippen molar-refractivity contribution in [3.63, 3.8) is 0 Å². The summed E-state index contributed by atoms with van der Waals surface area (Å²) in [6.45, 7) is 3.84. The second-order valence-corrected chi connectivity index (χ2v) is 9.55. The van der Waals surface area contributed by atoms with Crippen LogP contribution in [0.1, 0.15) is 44.4 Å². The number of carboxylic acid groups (broad SMARTS) is 1. The molecule has 2 aromatic rings. The number of rotatable bonds is 16. The maximum absolute atomic E-state index is 13.4. The van der Waals surface area contributed by atoms with Crippen LogP contribution in [0, 0.1) is 5.92 Å². The van der Waals surface area contributed by atoms with E-state index in [1.807, 2.05) is 6.07 Å². The molecule has 12 heteroatoms. The Hall–Kier alpha value is -3.77. The number of aliphatic carboxylic acids is 1. The summed E-state index contributed by atoms with van der Waals surface area (Å²) < 4.78 is 0. The Kier molecular flexibility index (Phi) is 12.4. The number of unbranched alkanes of at least 4 members (excludes halogenated alkanes) is 1. The first-order valence-corrected chi connectivity index (χ1v) is 12.7. The molecule has 0 spiro atoms. The number of imidazole rings is 1. The van der Waals surface area contributed by atoms with Crippen LogP contribution < -0.4 is 27.4 Å². The molecule has 0 aliphatic heterocycles. The van der Waals surface area contributed by atoms with Gasteiger partial charge in [-0.25, -0.2) is 9.78 Å². The zero-order valence-electron chi connectivity index (χ0n) is 21.9. The van der Waals surface area contributed by atoms with Crippen LogP contribution in [0.3, 0.4) is 0 Å². The van der Waals surface area contributed by atoms with Crippen molar-refractivity contribution < 1.29 is 24.3 Å². The largest absolute Gasteiger partial charge is 0.480 e. The summed E-state index contributed by atoms with van der Waals surface area (Å²) in [6.07, 6.45) is 4.98. The zero-order valence-corrected chi connectivity index (χ0v) is 21.9. The van der Waals surface area contributed by atoms with E-state index in [1.54, 1.807) is 38.1 Å². The Balaban J connectivity index is 2.23. The lowest BCUT2D eigenvalue weighted by molar-refractivity contribution is -0.143. The Morgan fingerprint density at radius 2 is 1.58 bits per heavy atom. The van der Waals surface area contributed by atoms with Gasteiger partial charge in [0.2, 0.25) is 17.7 Å². The van der Waals surface area contributed by atoms with Gasteiger partial charge in [-0.05, 0) is 30.9 Å². The Morgan fingerprint density at radius 1 is 0.947 bits per heavy atom. The van der Waals surface area contributed by atoms with Crippen molar-refractivity contribution in [2.75, 3.05) is 6.54 Å². The van der Waals surface area contributed by atoms with Gasteiger partial charge in [-0.3, -0.25) is 14.4 Å². The molecule has 0 saturated carbocycles. The minimum absolute atomic E-state index is 0.0799. The Bertz CT molecular complexity index is 1030. The number of carbonyl (C=O) groups excluding carboxylic acids is 3. The van der Waals surface area contributed by atoms with Crippen molar-refractivity contribution in [1.82, 2.24) is 25.9 Å². The molecule has 208 valence electrons. The number of carbonyl (C=O) groups is 4. The molecule has 1 aromatic heterocycles. The van der Waals surface area contributed by atoms with E-state index in [1.165, 1.54) is 12.5 Å². The van der Waals surface area contributed by atoms with Crippen molar-refractivity contribution in [2.24, 2.45) is 17.4 Å². The summed E-state index contributed by atoms with van der Waals surface area (Å²) in [5.74, 6) is -3.32. The normalized spacial score (nSPS) is 14.2. The Morgan fingerprint density at radius 3 is 2.16 bits per heavy atom. The van der Waals surface area contributed by atoms with Gasteiger partial charge in [0.25, 0.3) is 0 Å². The van der Waals surface area contributed by atoms with Gasteiger partial charge in [-0.15, -0.1) is 0 Å². The molecule has 1 aromatic carbocycles. The highest BCUT2D eigenvalue weighted by Gasteiger charge is 2.31. The number of benzene rings is 1. The fourth-order valence-corrected chi connectivity index (χ4v) is 3.84. The van der Waals surface area contributed by atoms with E-state index < -0.39 is 47.9 Å². The highest BCUT2D eigenvalue weighted by atomic mass is 16.4. The molecule has 0 radical (unpaired) electrons. The maximum Gasteiger partial charge on any atom is 0.326 e. The van der Waals surface area contributed by atoms with Crippen LogP contribution >= 0.6 is 0 Å². The zero-order chi connectivity index (χ0) is 28.1. The number of nitrogens with two attached hydrogens (primary N) is 2. The molecular weight excluding hydrogens is 490 g/mol. The van der Waals surface area contributed by atoms with Crippen LogP contribution in [0.5, 0.6) is 0 Å². The number of aromatic amines is 1. The smallest absolute Gasteiger partial charge is 0.326 e. The third-order valence-corrected chi connectivity index (χ3v) is 6.06. The van der Waals surface area contributed by atoms with Crippen LogP contribution in [-0.2, 0) is 32.0 Å². The highest BCUT2D eigenvalue weighted by Crippen LogP contribution is 2.08. The molecular formula is C26H39N7O5. The van der Waals surface area contributed by atoms with E-state index in [0.29, 0.717) is 25.1 Å². The van der Waals surface area contributed by atoms with Gasteiger partial charge in [0.15, 0.2) is 0 Å². The van der Waals surface area contributed by atoms with Gasteiger partial charge in [-0.1, -0.05) is 50.6 Å². The molecule has 9 N–H and O–H groups in total. The van der Waals surface area contributed by atoms with Crippen molar-refractivity contribution in [3.8, 4) is 0 Å². The number of nitrogens with zero attached hydrogens (tertiary/aromatic N) is 1. The average molecular weight is 530 g/mol. The minimum Gasteiger partial charge on any atom is -0.480 e. The molecule has 38 heavy (non-hydrogen) atoms. The van der Waals surface area contributed by atoms with E-state index in [2.05, 4.69) is 25.9 Å². The summed E-state index contributed by atoms with van der Waals surface area (Å²) in [5, 5.41) is 17.4. The Labute approximate surface area is 222 Å². The first-order chi connectivity index (χ1) is 18.1. The SMILES string of the molecule is CC(C)C(NC(=O)C(Cc1ccccc1)NC(=O)C(Cc1cnc[nH]1)NC(=O)C(N)CCCCN)C(=O)O. The molecule has 4 atom stereocenters. The van der Waals surface area contributed by atoms with Crippen LogP contribution in [0.2, 0.25) is 0 Å². The number of nitrogens with one attached hydrogen (secondary N) is 4. The fourth-order valence-electron chi connectivity index (χ4n) is 3.84. The summed E-state index contributed by atoms with van der Waals surface area (Å²) >= 11 is 0. The molecule has 12 nitrogen and oxygen atoms in total. The number of hydrogen-bond acceptors (Lipinski definition) is 7. The third-order valence-electron chi connectivity index (χ3n) is 6.06. The summed E-state index contributed by atoms with van der Waals surface area (Å²) in [6, 6.07) is 4.90. The standard InChI is InChI=1S/C26H39N7O5/c1-16(2)22(26(37)38)33-25(36)20(12-17-8-4-3-5-9-17)32-24(35)21(13-18-14-29-15-30-18)31-23(34)19(28)10-6-7-11-27/h3-5,8-9,14-16,19-22H,6-7,10-13,27-28H2,1-2H3,(H,29,30)(H,31,34)(H,32,35)(H,33,36)(H,37,38). The predicted molar refractivity (Wildman–Crippen MR) is 142 cm³/mol. The minimum atomic E-state index is -1.17. The molecule has 0 aliphatic carbocycles. The topological polar surface area (TPSA) is 205 Å². The van der Waals surface area contributed by atoms with Gasteiger partial charge in [0.1, 0.15) is 18.1 Å². The molecule has 1 heterocycles. The summed E-state index contributed by atoms with van der Waals surface area (Å²) in [5.41, 5.74) is 12.9. The molecule has 4 unspecified atom stereocenters. The first kappa shape index (κ1) is 30.5. The van der Waals surface area contributed by atoms with Crippen molar-refractivity contribution in [3.05, 3.63) is 54.1 Å². The maximum atomic E-state index is 13.4. The summed E-state index contributed by atoms with van der Waals surface area (Å²) in [7, 11) is 0. The van der Waals surface area contributed by atoms with Crippen LogP contribution in [0.4, 0.5) is 0 Å². The van der Waals surface area contributed by atoms with Gasteiger partial charge in [0.05, 0.1) is 12.4 Å². The second-order valence-electron chi connectivity index (χ2n) is 9.55. The van der Waals surface area contributed by atoms with Gasteiger partial charge in [0, 0.05) is 24.7 Å². The molecule has 0 bridgehead atoms. The van der Waals surface area contributed by atoms with Crippen molar-refractivity contribution in [1.29, 1.82) is 0 Å². The number of aromatic nitrogens is 2. The van der Waals surface area contributed by atoms with Gasteiger partial charge >= 0.3 is 5.97 Å². The van der Waals surface area contributed by atoms with Crippen molar-refractivity contribution >= 4 is 23.7 Å². The lowest BCUT2D eigenvalue weighted by atomic mass is 10.0. The lowest BCUT2D eigenvalue weighted by Gasteiger charge is -2.26. The van der Waals surface area contributed by atoms with E-state index in [4.69, 9.17) is 11.5 Å². The van der Waals surface area contributed by atoms with Gasteiger partial charge < -0.3 is 37.5 Å². The number of H-pyrrole nitrogens is 1.